The minimum absolute atomic E-state index is 0.653. The summed E-state index contributed by atoms with van der Waals surface area (Å²) in [6.07, 6.45) is 3.30. The molecule has 0 saturated carbocycles. The third-order valence-corrected chi connectivity index (χ3v) is 0.735. The molecule has 0 saturated heterocycles. The molecular weight excluding hydrogens is 114 g/mol. The van der Waals surface area contributed by atoms with Gasteiger partial charge in [0.2, 0.25) is 0 Å². The molecule has 50 valence electrons. The monoisotopic (exact) mass is 125 g/mol. The molecule has 0 bridgehead atoms. The highest BCUT2D eigenvalue weighted by Crippen LogP contribution is 1.73. The van der Waals surface area contributed by atoms with Gasteiger partial charge in [-0.15, -0.1) is 0 Å². The molecule has 0 fully saturated rings. The number of amidine groups is 1. The van der Waals surface area contributed by atoms with Crippen LogP contribution in [0.3, 0.4) is 0 Å². The summed E-state index contributed by atoms with van der Waals surface area (Å²) in [6.45, 7) is 1.84. The van der Waals surface area contributed by atoms with E-state index >= 15 is 0 Å². The third-order valence-electron chi connectivity index (χ3n) is 0.735. The second-order valence-corrected chi connectivity index (χ2v) is 1.36. The number of hydrogen-bond acceptors (Lipinski definition) is 2. The lowest BCUT2D eigenvalue weighted by molar-refractivity contribution is 1.41. The quantitative estimate of drug-likeness (QED) is 0.367. The molecule has 0 unspecified atom stereocenters. The minimum atomic E-state index is 0.653. The van der Waals surface area contributed by atoms with Crippen LogP contribution in [0.1, 0.15) is 6.92 Å². The van der Waals surface area contributed by atoms with E-state index in [0.29, 0.717) is 5.84 Å². The van der Waals surface area contributed by atoms with Crippen molar-refractivity contribution in [2.45, 2.75) is 6.92 Å². The summed E-state index contributed by atoms with van der Waals surface area (Å²) >= 11 is 0. The Hall–Kier alpha value is -0.990. The summed E-state index contributed by atoms with van der Waals surface area (Å²) in [5, 5.41) is 0. The van der Waals surface area contributed by atoms with Crippen LogP contribution in [0.5, 0.6) is 0 Å². The van der Waals surface area contributed by atoms with Gasteiger partial charge in [-0.3, -0.25) is 9.98 Å². The van der Waals surface area contributed by atoms with Crippen molar-refractivity contribution in [1.82, 2.24) is 0 Å². The zero-order valence-electron chi connectivity index (χ0n) is 6.00. The van der Waals surface area contributed by atoms with Crippen molar-refractivity contribution in [2.24, 2.45) is 15.0 Å². The van der Waals surface area contributed by atoms with Gasteiger partial charge in [0.1, 0.15) is 0 Å². The number of nitrogens with zero attached hydrogens (tertiary/aromatic N) is 3. The van der Waals surface area contributed by atoms with Gasteiger partial charge in [-0.25, -0.2) is 4.99 Å². The Balaban J connectivity index is 4.01. The van der Waals surface area contributed by atoms with Crippen LogP contribution < -0.4 is 0 Å². The van der Waals surface area contributed by atoms with E-state index in [0.717, 1.165) is 0 Å². The number of rotatable bonds is 1. The lowest BCUT2D eigenvalue weighted by Gasteiger charge is -1.84. The van der Waals surface area contributed by atoms with Crippen LogP contribution in [0.2, 0.25) is 0 Å². The zero-order valence-corrected chi connectivity index (χ0v) is 6.00. The average Bonchev–Trinajstić information content (AvgIpc) is 1.88. The van der Waals surface area contributed by atoms with Crippen LogP contribution in [0, 0.1) is 0 Å². The molecular formula is C6H11N3. The highest BCUT2D eigenvalue weighted by molar-refractivity contribution is 6.31. The largest absolute Gasteiger partial charge is 0.293 e. The normalized spacial score (nSPS) is 13.9. The third kappa shape index (κ3) is 3.58. The van der Waals surface area contributed by atoms with Gasteiger partial charge in [-0.2, -0.15) is 0 Å². The molecule has 0 heterocycles. The Kier molecular flexibility index (Phi) is 4.59. The summed E-state index contributed by atoms with van der Waals surface area (Å²) in [7, 11) is 3.38. The summed E-state index contributed by atoms with van der Waals surface area (Å²) < 4.78 is 0. The number of hydrogen-bond donors (Lipinski definition) is 0. The van der Waals surface area contributed by atoms with Gasteiger partial charge < -0.3 is 0 Å². The Bertz CT molecular complexity index is 130. The highest BCUT2D eigenvalue weighted by atomic mass is 14.9. The zero-order chi connectivity index (χ0) is 7.11. The van der Waals surface area contributed by atoms with Crippen molar-refractivity contribution in [2.75, 3.05) is 14.1 Å². The van der Waals surface area contributed by atoms with Crippen molar-refractivity contribution in [3.63, 3.8) is 0 Å². The van der Waals surface area contributed by atoms with Crippen molar-refractivity contribution in [3.8, 4) is 0 Å². The average molecular weight is 125 g/mol. The summed E-state index contributed by atoms with van der Waals surface area (Å²) in [5.74, 6) is 0.653. The van der Waals surface area contributed by atoms with Crippen molar-refractivity contribution >= 4 is 18.3 Å². The minimum Gasteiger partial charge on any atom is -0.293 e. The molecule has 0 N–H and O–H groups in total. The fraction of sp³-hybridized carbons (Fsp3) is 0.500. The summed E-state index contributed by atoms with van der Waals surface area (Å²) in [6, 6.07) is 0. The topological polar surface area (TPSA) is 37.1 Å². The number of aliphatic imine (C=N–C) groups is 3. The second kappa shape index (κ2) is 5.15. The molecule has 0 amide bonds. The lowest BCUT2D eigenvalue weighted by Crippen LogP contribution is -1.94. The van der Waals surface area contributed by atoms with E-state index in [1.807, 2.05) is 6.92 Å². The van der Waals surface area contributed by atoms with Gasteiger partial charge >= 0.3 is 0 Å². The van der Waals surface area contributed by atoms with Crippen molar-refractivity contribution in [3.05, 3.63) is 0 Å². The lowest BCUT2D eigenvalue weighted by atomic mass is 10.6. The van der Waals surface area contributed by atoms with Crippen LogP contribution in [-0.2, 0) is 0 Å². The van der Waals surface area contributed by atoms with E-state index in [2.05, 4.69) is 15.0 Å². The molecule has 0 aliphatic rings. The molecule has 0 aromatic rings. The maximum atomic E-state index is 3.91. The Morgan fingerprint density at radius 3 is 2.33 bits per heavy atom. The van der Waals surface area contributed by atoms with E-state index in [9.17, 15) is 0 Å². The maximum Gasteiger partial charge on any atom is 0.164 e. The van der Waals surface area contributed by atoms with Gasteiger partial charge in [0, 0.05) is 20.3 Å². The molecule has 0 radical (unpaired) electrons. The molecule has 0 aromatic heterocycles. The molecule has 0 aliphatic heterocycles. The van der Waals surface area contributed by atoms with Crippen LogP contribution in [0.15, 0.2) is 15.0 Å². The smallest absolute Gasteiger partial charge is 0.164 e. The van der Waals surface area contributed by atoms with Gasteiger partial charge in [0.25, 0.3) is 0 Å². The first kappa shape index (κ1) is 8.01. The van der Waals surface area contributed by atoms with E-state index in [1.165, 1.54) is 0 Å². The van der Waals surface area contributed by atoms with Crippen molar-refractivity contribution < 1.29 is 0 Å². The fourth-order valence-electron chi connectivity index (χ4n) is 0.397. The molecule has 3 nitrogen and oxygen atoms in total. The van der Waals surface area contributed by atoms with Crippen LogP contribution in [0.25, 0.3) is 0 Å². The fourth-order valence-corrected chi connectivity index (χ4v) is 0.397. The Morgan fingerprint density at radius 2 is 2.00 bits per heavy atom. The molecule has 0 atom stereocenters. The Labute approximate surface area is 55.2 Å². The molecule has 3 heteroatoms. The molecule has 0 spiro atoms. The SMILES string of the molecule is CC=NC(C=NC)=NC. The van der Waals surface area contributed by atoms with Gasteiger partial charge in [-0.05, 0) is 6.92 Å². The molecule has 0 aromatic carbocycles. The second-order valence-electron chi connectivity index (χ2n) is 1.36. The van der Waals surface area contributed by atoms with Gasteiger partial charge in [-0.1, -0.05) is 0 Å². The summed E-state index contributed by atoms with van der Waals surface area (Å²) in [5.41, 5.74) is 0. The van der Waals surface area contributed by atoms with E-state index < -0.39 is 0 Å². The predicted molar refractivity (Wildman–Crippen MR) is 41.9 cm³/mol. The molecule has 9 heavy (non-hydrogen) atoms. The van der Waals surface area contributed by atoms with E-state index in [4.69, 9.17) is 0 Å². The van der Waals surface area contributed by atoms with Crippen LogP contribution >= 0.6 is 0 Å². The predicted octanol–water partition coefficient (Wildman–Crippen LogP) is 0.806. The maximum absolute atomic E-state index is 3.91. The van der Waals surface area contributed by atoms with Crippen LogP contribution in [0.4, 0.5) is 0 Å². The summed E-state index contributed by atoms with van der Waals surface area (Å²) in [4.78, 5) is 11.5. The van der Waals surface area contributed by atoms with Crippen LogP contribution in [-0.4, -0.2) is 32.4 Å². The first-order valence-electron chi connectivity index (χ1n) is 2.72. The first-order valence-corrected chi connectivity index (χ1v) is 2.72. The molecule has 0 aliphatic carbocycles. The standard InChI is InChI=1S/C6H11N3/c1-4-9-6(8-3)5-7-2/h4-5H,1-3H3. The highest BCUT2D eigenvalue weighted by Gasteiger charge is 1.81. The molecule has 0 rings (SSSR count). The van der Waals surface area contributed by atoms with Crippen molar-refractivity contribution in [1.29, 1.82) is 0 Å². The van der Waals surface area contributed by atoms with Gasteiger partial charge in [0.15, 0.2) is 5.84 Å². The van der Waals surface area contributed by atoms with E-state index in [1.54, 1.807) is 26.5 Å². The first-order chi connectivity index (χ1) is 4.35. The van der Waals surface area contributed by atoms with Gasteiger partial charge in [0.05, 0.1) is 6.21 Å². The Morgan fingerprint density at radius 1 is 1.33 bits per heavy atom. The van der Waals surface area contributed by atoms with E-state index in [-0.39, 0.29) is 0 Å².